The predicted octanol–water partition coefficient (Wildman–Crippen LogP) is 5.28. The van der Waals surface area contributed by atoms with Gasteiger partial charge in [-0.2, -0.15) is 5.26 Å². The van der Waals surface area contributed by atoms with Crippen LogP contribution >= 0.6 is 0 Å². The van der Waals surface area contributed by atoms with Gasteiger partial charge in [-0.15, -0.1) is 0 Å². The van der Waals surface area contributed by atoms with Crippen molar-refractivity contribution in [2.75, 3.05) is 6.61 Å². The van der Waals surface area contributed by atoms with Crippen molar-refractivity contribution in [3.05, 3.63) is 71.0 Å². The van der Waals surface area contributed by atoms with Gasteiger partial charge in [0, 0.05) is 18.3 Å². The maximum Gasteiger partial charge on any atom is 0.355 e. The van der Waals surface area contributed by atoms with E-state index in [1.54, 1.807) is 11.5 Å². The molecule has 0 aliphatic rings. The first-order chi connectivity index (χ1) is 13.5. The molecular weight excluding hydrogens is 348 g/mol. The van der Waals surface area contributed by atoms with E-state index in [2.05, 4.69) is 25.1 Å². The number of carbonyl (C=O) groups is 1. The standard InChI is InChI=1S/C24H24N2O2/c1-5-21-20(15-25)22(23(26(21)4)24(27)28-6-2)18-13-11-17(12-14-18)19-10-8-7-9-16(19)3/h7-14H,5-6H2,1-4H3. The Morgan fingerprint density at radius 1 is 1.07 bits per heavy atom. The number of nitriles is 1. The number of esters is 1. The minimum Gasteiger partial charge on any atom is -0.461 e. The summed E-state index contributed by atoms with van der Waals surface area (Å²) in [6.07, 6.45) is 0.660. The summed E-state index contributed by atoms with van der Waals surface area (Å²) in [5, 5.41) is 9.79. The fourth-order valence-electron chi connectivity index (χ4n) is 3.70. The molecule has 1 heterocycles. The van der Waals surface area contributed by atoms with Crippen molar-refractivity contribution in [3.8, 4) is 28.3 Å². The Hall–Kier alpha value is -3.32. The second-order valence-electron chi connectivity index (χ2n) is 6.68. The van der Waals surface area contributed by atoms with E-state index in [1.807, 2.05) is 50.4 Å². The van der Waals surface area contributed by atoms with Crippen LogP contribution in [0.25, 0.3) is 22.3 Å². The Balaban J connectivity index is 2.17. The van der Waals surface area contributed by atoms with Crippen molar-refractivity contribution < 1.29 is 9.53 Å². The van der Waals surface area contributed by atoms with Crippen molar-refractivity contribution in [1.82, 2.24) is 4.57 Å². The molecule has 0 unspecified atom stereocenters. The van der Waals surface area contributed by atoms with Crippen LogP contribution in [0.15, 0.2) is 48.5 Å². The number of rotatable bonds is 5. The van der Waals surface area contributed by atoms with Crippen LogP contribution in [0, 0.1) is 18.3 Å². The van der Waals surface area contributed by atoms with Crippen LogP contribution in [0.5, 0.6) is 0 Å². The molecule has 0 aliphatic carbocycles. The van der Waals surface area contributed by atoms with Gasteiger partial charge < -0.3 is 9.30 Å². The van der Waals surface area contributed by atoms with Gasteiger partial charge in [0.15, 0.2) is 0 Å². The summed E-state index contributed by atoms with van der Waals surface area (Å²) < 4.78 is 7.06. The summed E-state index contributed by atoms with van der Waals surface area (Å²) in [4.78, 5) is 12.6. The van der Waals surface area contributed by atoms with Gasteiger partial charge in [0.2, 0.25) is 0 Å². The molecule has 3 rings (SSSR count). The third-order valence-electron chi connectivity index (χ3n) is 5.06. The van der Waals surface area contributed by atoms with Gasteiger partial charge in [0.1, 0.15) is 11.8 Å². The Kier molecular flexibility index (Phi) is 5.65. The lowest BCUT2D eigenvalue weighted by molar-refractivity contribution is 0.0516. The molecule has 0 atom stereocenters. The van der Waals surface area contributed by atoms with E-state index in [-0.39, 0.29) is 0 Å². The maximum absolute atomic E-state index is 12.6. The number of aryl methyl sites for hydroxylation is 1. The molecule has 0 amide bonds. The number of hydrogen-bond donors (Lipinski definition) is 0. The normalized spacial score (nSPS) is 10.5. The fourth-order valence-corrected chi connectivity index (χ4v) is 3.70. The summed E-state index contributed by atoms with van der Waals surface area (Å²) in [5.41, 5.74) is 6.77. The summed E-state index contributed by atoms with van der Waals surface area (Å²) in [6, 6.07) is 18.5. The number of carbonyl (C=O) groups excluding carboxylic acids is 1. The van der Waals surface area contributed by atoms with Crippen LogP contribution in [-0.2, 0) is 18.2 Å². The highest BCUT2D eigenvalue weighted by Crippen LogP contribution is 2.34. The summed E-state index contributed by atoms with van der Waals surface area (Å²) >= 11 is 0. The molecule has 3 aromatic rings. The average molecular weight is 372 g/mol. The van der Waals surface area contributed by atoms with Crippen molar-refractivity contribution in [3.63, 3.8) is 0 Å². The summed E-state index contributed by atoms with van der Waals surface area (Å²) in [7, 11) is 1.82. The van der Waals surface area contributed by atoms with Crippen molar-refractivity contribution in [1.29, 1.82) is 5.26 Å². The quantitative estimate of drug-likeness (QED) is 0.573. The first kappa shape index (κ1) is 19.4. The lowest BCUT2D eigenvalue weighted by Gasteiger charge is -2.10. The van der Waals surface area contributed by atoms with Crippen molar-refractivity contribution in [2.24, 2.45) is 7.05 Å². The maximum atomic E-state index is 12.6. The smallest absolute Gasteiger partial charge is 0.355 e. The van der Waals surface area contributed by atoms with Crippen molar-refractivity contribution >= 4 is 5.97 Å². The Morgan fingerprint density at radius 2 is 1.71 bits per heavy atom. The van der Waals surface area contributed by atoms with Crippen molar-refractivity contribution in [2.45, 2.75) is 27.2 Å². The molecule has 142 valence electrons. The SMILES string of the molecule is CCOC(=O)c1c(-c2ccc(-c3ccccc3C)cc2)c(C#N)c(CC)n1C. The second kappa shape index (κ2) is 8.14. The van der Waals surface area contributed by atoms with Crippen LogP contribution in [0.2, 0.25) is 0 Å². The number of hydrogen-bond acceptors (Lipinski definition) is 3. The fraction of sp³-hybridized carbons (Fsp3) is 0.250. The molecule has 1 aromatic heterocycles. The molecular formula is C24H24N2O2. The van der Waals surface area contributed by atoms with Gasteiger partial charge in [-0.3, -0.25) is 0 Å². The van der Waals surface area contributed by atoms with Gasteiger partial charge in [0.25, 0.3) is 0 Å². The van der Waals surface area contributed by atoms with Crippen LogP contribution < -0.4 is 0 Å². The number of nitrogens with zero attached hydrogens (tertiary/aromatic N) is 2. The van der Waals surface area contributed by atoms with E-state index in [1.165, 1.54) is 11.1 Å². The predicted molar refractivity (Wildman–Crippen MR) is 111 cm³/mol. The number of ether oxygens (including phenoxy) is 1. The van der Waals surface area contributed by atoms with Gasteiger partial charge in [-0.05, 0) is 42.5 Å². The molecule has 0 bridgehead atoms. The largest absolute Gasteiger partial charge is 0.461 e. The van der Waals surface area contributed by atoms with E-state index >= 15 is 0 Å². The van der Waals surface area contributed by atoms with E-state index < -0.39 is 5.97 Å². The van der Waals surface area contributed by atoms with E-state index in [9.17, 15) is 10.1 Å². The molecule has 0 saturated carbocycles. The topological polar surface area (TPSA) is 55.0 Å². The third-order valence-corrected chi connectivity index (χ3v) is 5.06. The molecule has 2 aromatic carbocycles. The molecule has 4 nitrogen and oxygen atoms in total. The Bertz CT molecular complexity index is 1050. The average Bonchev–Trinajstić information content (AvgIpc) is 3.00. The molecule has 0 aliphatic heterocycles. The molecule has 0 N–H and O–H groups in total. The molecule has 28 heavy (non-hydrogen) atoms. The first-order valence-electron chi connectivity index (χ1n) is 9.48. The summed E-state index contributed by atoms with van der Waals surface area (Å²) in [6.45, 7) is 6.14. The van der Waals surface area contributed by atoms with Crippen LogP contribution in [0.1, 0.15) is 41.2 Å². The zero-order valence-corrected chi connectivity index (χ0v) is 16.7. The second-order valence-corrected chi connectivity index (χ2v) is 6.68. The number of aromatic nitrogens is 1. The number of benzene rings is 2. The van der Waals surface area contributed by atoms with E-state index in [0.29, 0.717) is 29.8 Å². The zero-order valence-electron chi connectivity index (χ0n) is 16.7. The third kappa shape index (κ3) is 3.32. The van der Waals surface area contributed by atoms with Crippen LogP contribution in [0.4, 0.5) is 0 Å². The Labute approximate surface area is 166 Å². The van der Waals surface area contributed by atoms with Gasteiger partial charge in [0.05, 0.1) is 12.2 Å². The highest BCUT2D eigenvalue weighted by atomic mass is 16.5. The minimum atomic E-state index is -0.404. The van der Waals surface area contributed by atoms with Gasteiger partial charge >= 0.3 is 5.97 Å². The molecule has 0 radical (unpaired) electrons. The van der Waals surface area contributed by atoms with E-state index in [0.717, 1.165) is 16.8 Å². The summed E-state index contributed by atoms with van der Waals surface area (Å²) in [5.74, 6) is -0.404. The zero-order chi connectivity index (χ0) is 20.3. The first-order valence-corrected chi connectivity index (χ1v) is 9.48. The molecule has 0 spiro atoms. The molecule has 0 fully saturated rings. The highest BCUT2D eigenvalue weighted by Gasteiger charge is 2.26. The van der Waals surface area contributed by atoms with Crippen LogP contribution in [-0.4, -0.2) is 17.1 Å². The highest BCUT2D eigenvalue weighted by molar-refractivity contribution is 5.98. The Morgan fingerprint density at radius 3 is 2.29 bits per heavy atom. The van der Waals surface area contributed by atoms with E-state index in [4.69, 9.17) is 4.74 Å². The monoisotopic (exact) mass is 372 g/mol. The lowest BCUT2D eigenvalue weighted by atomic mass is 9.95. The lowest BCUT2D eigenvalue weighted by Crippen LogP contribution is -2.12. The molecule has 0 saturated heterocycles. The van der Waals surface area contributed by atoms with Crippen LogP contribution in [0.3, 0.4) is 0 Å². The van der Waals surface area contributed by atoms with Gasteiger partial charge in [-0.25, -0.2) is 4.79 Å². The minimum absolute atomic E-state index is 0.291. The molecule has 4 heteroatoms. The van der Waals surface area contributed by atoms with Gasteiger partial charge in [-0.1, -0.05) is 55.5 Å².